The van der Waals surface area contributed by atoms with Crippen molar-refractivity contribution in [2.75, 3.05) is 13.1 Å². The van der Waals surface area contributed by atoms with Crippen molar-refractivity contribution in [3.05, 3.63) is 70.8 Å². The van der Waals surface area contributed by atoms with Gasteiger partial charge in [0.2, 0.25) is 0 Å². The molecule has 0 aliphatic carbocycles. The average molecular weight is 437 g/mol. The minimum atomic E-state index is -1.07. The normalized spacial score (nSPS) is 14.4. The number of fused-ring (bicyclic) bond motifs is 2. The molecule has 2 aromatic carbocycles. The highest BCUT2D eigenvalue weighted by atomic mass is 16.4. The summed E-state index contributed by atoms with van der Waals surface area (Å²) < 4.78 is 0. The first-order chi connectivity index (χ1) is 15.0. The zero-order valence-electron chi connectivity index (χ0n) is 17.9. The molecule has 2 aromatic rings. The lowest BCUT2D eigenvalue weighted by Gasteiger charge is -2.34. The van der Waals surface area contributed by atoms with Crippen molar-refractivity contribution in [3.63, 3.8) is 0 Å². The summed E-state index contributed by atoms with van der Waals surface area (Å²) in [6.45, 7) is 5.44. The van der Waals surface area contributed by atoms with Crippen LogP contribution >= 0.6 is 0 Å². The average Bonchev–Trinajstić information content (AvgIpc) is 3.16. The van der Waals surface area contributed by atoms with Gasteiger partial charge in [0.25, 0.3) is 23.6 Å². The number of amides is 5. The molecule has 9 heteroatoms. The highest BCUT2D eigenvalue weighted by Gasteiger charge is 2.36. The van der Waals surface area contributed by atoms with Crippen molar-refractivity contribution >= 4 is 29.7 Å². The number of nitrogens with one attached hydrogen (secondary N) is 1. The van der Waals surface area contributed by atoms with E-state index in [9.17, 15) is 29.1 Å². The van der Waals surface area contributed by atoms with Crippen molar-refractivity contribution in [2.45, 2.75) is 26.3 Å². The summed E-state index contributed by atoms with van der Waals surface area (Å²) in [6.07, 6.45) is -1.07. The van der Waals surface area contributed by atoms with Gasteiger partial charge in [0.1, 0.15) is 0 Å². The Morgan fingerprint density at radius 3 is 1.62 bits per heavy atom. The summed E-state index contributed by atoms with van der Waals surface area (Å²) >= 11 is 0. The molecule has 0 aromatic heterocycles. The van der Waals surface area contributed by atoms with E-state index in [-0.39, 0.29) is 36.7 Å². The lowest BCUT2D eigenvalue weighted by Crippen LogP contribution is -2.49. The number of benzene rings is 2. The van der Waals surface area contributed by atoms with Gasteiger partial charge >= 0.3 is 6.09 Å². The summed E-state index contributed by atoms with van der Waals surface area (Å²) in [4.78, 5) is 59.8. The van der Waals surface area contributed by atoms with Crippen molar-refractivity contribution < 1.29 is 29.1 Å². The first-order valence-electron chi connectivity index (χ1n) is 9.93. The third-order valence-corrected chi connectivity index (χ3v) is 5.11. The van der Waals surface area contributed by atoms with E-state index in [0.717, 1.165) is 4.90 Å². The lowest BCUT2D eigenvalue weighted by atomic mass is 10.1. The van der Waals surface area contributed by atoms with Crippen LogP contribution in [0.25, 0.3) is 0 Å². The topological polar surface area (TPSA) is 124 Å². The molecule has 0 unspecified atom stereocenters. The molecule has 0 saturated carbocycles. The van der Waals surface area contributed by atoms with Gasteiger partial charge in [0.05, 0.1) is 22.3 Å². The molecule has 0 saturated heterocycles. The molecule has 2 heterocycles. The van der Waals surface area contributed by atoms with Gasteiger partial charge in [0, 0.05) is 18.6 Å². The third kappa shape index (κ3) is 4.36. The van der Waals surface area contributed by atoms with E-state index >= 15 is 0 Å². The Kier molecular flexibility index (Phi) is 6.11. The van der Waals surface area contributed by atoms with E-state index in [1.165, 1.54) is 4.90 Å². The third-order valence-electron chi connectivity index (χ3n) is 5.11. The number of carbonyl (C=O) groups excluding carboxylic acids is 4. The Morgan fingerprint density at radius 1 is 0.844 bits per heavy atom. The predicted molar refractivity (Wildman–Crippen MR) is 115 cm³/mol. The van der Waals surface area contributed by atoms with Crippen molar-refractivity contribution in [2.24, 2.45) is 0 Å². The van der Waals surface area contributed by atoms with E-state index in [1.807, 2.05) is 0 Å². The van der Waals surface area contributed by atoms with Gasteiger partial charge in [0.15, 0.2) is 0 Å². The fourth-order valence-corrected chi connectivity index (χ4v) is 3.48. The van der Waals surface area contributed by atoms with Crippen LogP contribution < -0.4 is 5.32 Å². The number of carboxylic acid groups (broad SMARTS) is 1. The standard InChI is InChI=1S/C15H18N2O4.C8H5NO2/c1-15(2,3)17(14(20)21)9-8-16-12(18)10-6-4-5-7-11(10)13(16)19;10-7-5-3-1-2-4-6(5)8(11)9-7/h4-7H,8-9H2,1-3H3,(H,20,21);1-4H,(H,9,10,11). The largest absolute Gasteiger partial charge is 0.465 e. The van der Waals surface area contributed by atoms with Crippen LogP contribution in [0.3, 0.4) is 0 Å². The zero-order chi connectivity index (χ0) is 23.6. The molecule has 0 radical (unpaired) electrons. The second-order valence-electron chi connectivity index (χ2n) is 8.24. The summed E-state index contributed by atoms with van der Waals surface area (Å²) in [6, 6.07) is 13.3. The van der Waals surface area contributed by atoms with Crippen LogP contribution in [0.2, 0.25) is 0 Å². The Morgan fingerprint density at radius 2 is 1.25 bits per heavy atom. The van der Waals surface area contributed by atoms with Gasteiger partial charge in [-0.3, -0.25) is 29.4 Å². The molecule has 166 valence electrons. The maximum Gasteiger partial charge on any atom is 0.407 e. The number of hydrogen-bond donors (Lipinski definition) is 2. The maximum atomic E-state index is 12.2. The van der Waals surface area contributed by atoms with Crippen LogP contribution in [0.4, 0.5) is 4.79 Å². The van der Waals surface area contributed by atoms with Gasteiger partial charge in [-0.15, -0.1) is 0 Å². The number of rotatable bonds is 3. The summed E-state index contributed by atoms with van der Waals surface area (Å²) in [7, 11) is 0. The zero-order valence-corrected chi connectivity index (χ0v) is 17.9. The van der Waals surface area contributed by atoms with Crippen LogP contribution in [0.5, 0.6) is 0 Å². The lowest BCUT2D eigenvalue weighted by molar-refractivity contribution is 0.0584. The quantitative estimate of drug-likeness (QED) is 0.712. The van der Waals surface area contributed by atoms with E-state index < -0.39 is 11.6 Å². The fraction of sp³-hybridized carbons (Fsp3) is 0.261. The molecule has 2 aliphatic heterocycles. The number of imide groups is 2. The molecule has 0 bridgehead atoms. The van der Waals surface area contributed by atoms with Crippen LogP contribution in [-0.2, 0) is 0 Å². The molecule has 4 rings (SSSR count). The van der Waals surface area contributed by atoms with Crippen molar-refractivity contribution in [1.29, 1.82) is 0 Å². The summed E-state index contributed by atoms with van der Waals surface area (Å²) in [5.41, 5.74) is 1.10. The van der Waals surface area contributed by atoms with Gasteiger partial charge in [-0.1, -0.05) is 24.3 Å². The van der Waals surface area contributed by atoms with Crippen LogP contribution in [0.15, 0.2) is 48.5 Å². The van der Waals surface area contributed by atoms with Gasteiger partial charge in [-0.2, -0.15) is 0 Å². The second kappa shape index (κ2) is 8.62. The molecule has 0 fully saturated rings. The highest BCUT2D eigenvalue weighted by Crippen LogP contribution is 2.23. The smallest absolute Gasteiger partial charge is 0.407 e. The minimum absolute atomic E-state index is 0.0515. The van der Waals surface area contributed by atoms with Crippen LogP contribution in [0, 0.1) is 0 Å². The number of carbonyl (C=O) groups is 5. The Balaban J connectivity index is 0.000000219. The van der Waals surface area contributed by atoms with Crippen molar-refractivity contribution in [3.8, 4) is 0 Å². The number of nitrogens with zero attached hydrogens (tertiary/aromatic N) is 2. The first-order valence-corrected chi connectivity index (χ1v) is 9.93. The molecule has 32 heavy (non-hydrogen) atoms. The monoisotopic (exact) mass is 437 g/mol. The van der Waals surface area contributed by atoms with Crippen molar-refractivity contribution in [1.82, 2.24) is 15.1 Å². The predicted octanol–water partition coefficient (Wildman–Crippen LogP) is 2.63. The SMILES string of the molecule is CC(C)(C)N(CCN1C(=O)c2ccccc2C1=O)C(=O)O.O=C1NC(=O)c2ccccc21. The first kappa shape index (κ1) is 22.7. The van der Waals surface area contributed by atoms with E-state index in [0.29, 0.717) is 22.3 Å². The minimum Gasteiger partial charge on any atom is -0.465 e. The maximum absolute atomic E-state index is 12.2. The van der Waals surface area contributed by atoms with E-state index in [1.54, 1.807) is 69.3 Å². The van der Waals surface area contributed by atoms with E-state index in [4.69, 9.17) is 0 Å². The molecule has 0 atom stereocenters. The molecular formula is C23H23N3O6. The second-order valence-corrected chi connectivity index (χ2v) is 8.24. The summed E-state index contributed by atoms with van der Waals surface area (Å²) in [5, 5.41) is 11.4. The molecule has 9 nitrogen and oxygen atoms in total. The fourth-order valence-electron chi connectivity index (χ4n) is 3.48. The van der Waals surface area contributed by atoms with Crippen LogP contribution in [0.1, 0.15) is 62.2 Å². The highest BCUT2D eigenvalue weighted by molar-refractivity contribution is 6.22. The van der Waals surface area contributed by atoms with Gasteiger partial charge in [-0.05, 0) is 45.0 Å². The Bertz CT molecular complexity index is 1050. The summed E-state index contributed by atoms with van der Waals surface area (Å²) in [5.74, 6) is -1.33. The molecule has 2 N–H and O–H groups in total. The van der Waals surface area contributed by atoms with Gasteiger partial charge in [-0.25, -0.2) is 4.79 Å². The van der Waals surface area contributed by atoms with E-state index in [2.05, 4.69) is 5.32 Å². The Labute approximate surface area is 184 Å². The Hall–Kier alpha value is -4.01. The molecule has 0 spiro atoms. The van der Waals surface area contributed by atoms with Crippen LogP contribution in [-0.4, -0.2) is 63.3 Å². The van der Waals surface area contributed by atoms with Gasteiger partial charge < -0.3 is 10.0 Å². The molecule has 5 amide bonds. The molecular weight excluding hydrogens is 414 g/mol. The number of hydrogen-bond acceptors (Lipinski definition) is 5. The molecule has 2 aliphatic rings.